The van der Waals surface area contributed by atoms with Crippen molar-refractivity contribution < 1.29 is 18.9 Å². The fourth-order valence-corrected chi connectivity index (χ4v) is 7.77. The second-order valence-corrected chi connectivity index (χ2v) is 15.8. The van der Waals surface area contributed by atoms with Gasteiger partial charge in [0.25, 0.3) is 0 Å². The summed E-state index contributed by atoms with van der Waals surface area (Å²) in [6.45, 7) is 21.2. The van der Waals surface area contributed by atoms with E-state index in [4.69, 9.17) is 32.1 Å². The quantitative estimate of drug-likeness (QED) is 0.0374. The van der Waals surface area contributed by atoms with Crippen LogP contribution < -0.4 is 18.9 Å². The molecule has 0 heterocycles. The first-order valence-electron chi connectivity index (χ1n) is 22.6. The van der Waals surface area contributed by atoms with E-state index in [1.165, 1.54) is 64.2 Å². The van der Waals surface area contributed by atoms with Gasteiger partial charge in [0.1, 0.15) is 0 Å². The number of fused-ring (bicyclic) bond motifs is 2. The SMILES string of the molecule is C=C(c1ccc(OCCCCCC)c(OCCCCCC)c1)c1c2ccccc2c(C(=C)c2ccc(OCCCCCC)c(OCCCCCC)c2)c2ccccc12. The maximum absolute atomic E-state index is 6.46. The van der Waals surface area contributed by atoms with Gasteiger partial charge >= 0.3 is 0 Å². The van der Waals surface area contributed by atoms with Gasteiger partial charge in [0.15, 0.2) is 23.0 Å². The zero-order valence-electron chi connectivity index (χ0n) is 36.3. The largest absolute Gasteiger partial charge is 0.490 e. The molecule has 0 spiro atoms. The van der Waals surface area contributed by atoms with Crippen LogP contribution in [0.2, 0.25) is 0 Å². The molecular weight excluding hydrogens is 713 g/mol. The maximum Gasteiger partial charge on any atom is 0.161 e. The molecule has 0 N–H and O–H groups in total. The monoisotopic (exact) mass is 783 g/mol. The van der Waals surface area contributed by atoms with Crippen LogP contribution >= 0.6 is 0 Å². The van der Waals surface area contributed by atoms with E-state index in [1.54, 1.807) is 0 Å². The highest BCUT2D eigenvalue weighted by Crippen LogP contribution is 2.44. The molecule has 0 atom stereocenters. The predicted molar refractivity (Wildman–Crippen MR) is 249 cm³/mol. The Balaban J connectivity index is 1.51. The summed E-state index contributed by atoms with van der Waals surface area (Å²) in [6.07, 6.45) is 18.5. The topological polar surface area (TPSA) is 36.9 Å². The molecule has 0 fully saturated rings. The lowest BCUT2D eigenvalue weighted by atomic mass is 9.83. The van der Waals surface area contributed by atoms with Gasteiger partial charge in [-0.15, -0.1) is 0 Å². The van der Waals surface area contributed by atoms with Gasteiger partial charge < -0.3 is 18.9 Å². The molecule has 310 valence electrons. The number of hydrogen-bond acceptors (Lipinski definition) is 4. The van der Waals surface area contributed by atoms with Crippen LogP contribution in [0.3, 0.4) is 0 Å². The lowest BCUT2D eigenvalue weighted by Gasteiger charge is -2.21. The smallest absolute Gasteiger partial charge is 0.161 e. The van der Waals surface area contributed by atoms with E-state index < -0.39 is 0 Å². The summed E-state index contributed by atoms with van der Waals surface area (Å²) in [5.41, 5.74) is 6.19. The average Bonchev–Trinajstić information content (AvgIpc) is 3.25. The van der Waals surface area contributed by atoms with E-state index in [9.17, 15) is 0 Å². The van der Waals surface area contributed by atoms with Crippen molar-refractivity contribution in [3.05, 3.63) is 120 Å². The van der Waals surface area contributed by atoms with Gasteiger partial charge in [0, 0.05) is 0 Å². The lowest BCUT2D eigenvalue weighted by molar-refractivity contribution is 0.259. The predicted octanol–water partition coefficient (Wildman–Crippen LogP) is 16.0. The Morgan fingerprint density at radius 2 is 0.655 bits per heavy atom. The molecule has 0 amide bonds. The Kier molecular flexibility index (Phi) is 18.6. The molecular formula is C54H70O4. The molecule has 5 aromatic rings. The van der Waals surface area contributed by atoms with E-state index in [2.05, 4.69) is 113 Å². The highest BCUT2D eigenvalue weighted by molar-refractivity contribution is 6.18. The third-order valence-corrected chi connectivity index (χ3v) is 11.1. The molecule has 4 nitrogen and oxygen atoms in total. The maximum atomic E-state index is 6.46. The molecule has 0 unspecified atom stereocenters. The van der Waals surface area contributed by atoms with Crippen molar-refractivity contribution in [1.82, 2.24) is 0 Å². The lowest BCUT2D eigenvalue weighted by Crippen LogP contribution is -2.04. The molecule has 0 bridgehead atoms. The molecule has 4 heteroatoms. The summed E-state index contributed by atoms with van der Waals surface area (Å²) in [6, 6.07) is 30.1. The van der Waals surface area contributed by atoms with Gasteiger partial charge in [-0.25, -0.2) is 0 Å². The molecule has 0 aliphatic carbocycles. The van der Waals surface area contributed by atoms with E-state index in [0.29, 0.717) is 26.4 Å². The Bertz CT molecular complexity index is 1840. The Morgan fingerprint density at radius 1 is 0.362 bits per heavy atom. The van der Waals surface area contributed by atoms with Crippen LogP contribution in [0.4, 0.5) is 0 Å². The summed E-state index contributed by atoms with van der Waals surface area (Å²) < 4.78 is 25.6. The summed E-state index contributed by atoms with van der Waals surface area (Å²) in [5.74, 6) is 3.20. The fraction of sp³-hybridized carbons (Fsp3) is 0.444. The first-order chi connectivity index (χ1) is 28.5. The minimum absolute atomic E-state index is 0.669. The van der Waals surface area contributed by atoms with Gasteiger partial charge in [-0.3, -0.25) is 0 Å². The summed E-state index contributed by atoms with van der Waals surface area (Å²) >= 11 is 0. The Labute approximate surface area is 350 Å². The minimum atomic E-state index is 0.669. The third-order valence-electron chi connectivity index (χ3n) is 11.1. The summed E-state index contributed by atoms with van der Waals surface area (Å²) in [5, 5.41) is 4.56. The van der Waals surface area contributed by atoms with Crippen LogP contribution in [0.5, 0.6) is 23.0 Å². The van der Waals surface area contributed by atoms with Crippen molar-refractivity contribution in [3.63, 3.8) is 0 Å². The van der Waals surface area contributed by atoms with E-state index >= 15 is 0 Å². The minimum Gasteiger partial charge on any atom is -0.490 e. The van der Waals surface area contributed by atoms with Crippen molar-refractivity contribution in [3.8, 4) is 23.0 Å². The van der Waals surface area contributed by atoms with E-state index in [-0.39, 0.29) is 0 Å². The van der Waals surface area contributed by atoms with Crippen molar-refractivity contribution in [2.24, 2.45) is 0 Å². The molecule has 0 saturated heterocycles. The van der Waals surface area contributed by atoms with Gasteiger partial charge in [0.05, 0.1) is 26.4 Å². The summed E-state index contributed by atoms with van der Waals surface area (Å²) in [4.78, 5) is 0. The molecule has 58 heavy (non-hydrogen) atoms. The van der Waals surface area contributed by atoms with Crippen LogP contribution in [-0.4, -0.2) is 26.4 Å². The van der Waals surface area contributed by atoms with E-state index in [0.717, 1.165) is 116 Å². The Morgan fingerprint density at radius 3 is 0.948 bits per heavy atom. The third kappa shape index (κ3) is 12.2. The average molecular weight is 783 g/mol. The fourth-order valence-electron chi connectivity index (χ4n) is 7.77. The van der Waals surface area contributed by atoms with Crippen LogP contribution in [0.25, 0.3) is 32.7 Å². The second kappa shape index (κ2) is 24.3. The molecule has 5 rings (SSSR count). The molecule has 0 aliphatic rings. The zero-order valence-corrected chi connectivity index (χ0v) is 36.3. The van der Waals surface area contributed by atoms with Crippen molar-refractivity contribution in [1.29, 1.82) is 0 Å². The van der Waals surface area contributed by atoms with Gasteiger partial charge in [-0.1, -0.05) is 179 Å². The van der Waals surface area contributed by atoms with Crippen LogP contribution in [-0.2, 0) is 0 Å². The van der Waals surface area contributed by atoms with Crippen LogP contribution in [0, 0.1) is 0 Å². The molecule has 0 aliphatic heterocycles. The number of benzene rings is 5. The van der Waals surface area contributed by atoms with Crippen LogP contribution in [0.15, 0.2) is 98.1 Å². The Hall–Kier alpha value is -4.70. The standard InChI is InChI=1S/C54H70O4/c1-7-11-15-23-35-55-49-33-31-43(39-51(49)57-37-25-17-13-9-3)41(5)53-45-27-19-21-29-47(45)54(48-30-22-20-28-46(48)53)42(6)44-32-34-50(56-36-24-16-12-8-2)52(40-44)58-38-26-18-14-10-4/h19-22,27-34,39-40H,5-18,23-26,35-38H2,1-4H3. The molecule has 0 saturated carbocycles. The zero-order chi connectivity index (χ0) is 41.0. The summed E-state index contributed by atoms with van der Waals surface area (Å²) in [7, 11) is 0. The first-order valence-corrected chi connectivity index (χ1v) is 22.6. The van der Waals surface area contributed by atoms with Gasteiger partial charge in [-0.05, 0) is 105 Å². The van der Waals surface area contributed by atoms with Crippen molar-refractivity contribution >= 4 is 32.7 Å². The number of ether oxygens (including phenoxy) is 4. The second-order valence-electron chi connectivity index (χ2n) is 15.8. The molecule has 0 aromatic heterocycles. The van der Waals surface area contributed by atoms with Crippen LogP contribution in [0.1, 0.15) is 153 Å². The number of rotatable bonds is 28. The molecule has 0 radical (unpaired) electrons. The van der Waals surface area contributed by atoms with E-state index in [1.807, 2.05) is 0 Å². The van der Waals surface area contributed by atoms with Gasteiger partial charge in [0.2, 0.25) is 0 Å². The van der Waals surface area contributed by atoms with Gasteiger partial charge in [-0.2, -0.15) is 0 Å². The molecule has 5 aromatic carbocycles. The van der Waals surface area contributed by atoms with Crippen molar-refractivity contribution in [2.45, 2.75) is 130 Å². The normalized spacial score (nSPS) is 11.2. The highest BCUT2D eigenvalue weighted by Gasteiger charge is 2.21. The van der Waals surface area contributed by atoms with Crippen molar-refractivity contribution in [2.75, 3.05) is 26.4 Å². The number of hydrogen-bond donors (Lipinski definition) is 0. The highest BCUT2D eigenvalue weighted by atomic mass is 16.5. The number of unbranched alkanes of at least 4 members (excludes halogenated alkanes) is 12. The first kappa shape index (κ1) is 44.4.